The van der Waals surface area contributed by atoms with Crippen LogP contribution in [0.2, 0.25) is 10.0 Å². The monoisotopic (exact) mass is 508 g/mol. The maximum Gasteiger partial charge on any atom is 0.266 e. The van der Waals surface area contributed by atoms with E-state index in [1.54, 1.807) is 30.6 Å². The van der Waals surface area contributed by atoms with E-state index in [-0.39, 0.29) is 5.56 Å². The molecule has 1 N–H and O–H groups in total. The summed E-state index contributed by atoms with van der Waals surface area (Å²) in [6, 6.07) is 13.4. The average Bonchev–Trinajstić information content (AvgIpc) is 2.86. The second kappa shape index (κ2) is 9.85. The maximum absolute atomic E-state index is 13.3. The number of benzene rings is 2. The van der Waals surface area contributed by atoms with Crippen molar-refractivity contribution in [3.63, 3.8) is 0 Å². The van der Waals surface area contributed by atoms with E-state index in [9.17, 15) is 4.79 Å². The Bertz CT molecular complexity index is 1410. The van der Waals surface area contributed by atoms with Crippen molar-refractivity contribution >= 4 is 51.4 Å². The first-order valence-corrected chi connectivity index (χ1v) is 12.4. The van der Waals surface area contributed by atoms with Gasteiger partial charge in [0.25, 0.3) is 5.56 Å². The lowest BCUT2D eigenvalue weighted by molar-refractivity contribution is 0.313. The summed E-state index contributed by atoms with van der Waals surface area (Å²) >= 11 is 12.7. The van der Waals surface area contributed by atoms with Gasteiger partial charge in [-0.15, -0.1) is 0 Å². The van der Waals surface area contributed by atoms with E-state index >= 15 is 0 Å². The minimum atomic E-state index is -0.268. The number of hydrogen-bond donors (Lipinski definition) is 1. The lowest BCUT2D eigenvalue weighted by Gasteiger charge is -2.34. The first-order chi connectivity index (χ1) is 16.9. The molecule has 0 spiro atoms. The molecule has 7 nitrogen and oxygen atoms in total. The molecule has 3 heterocycles. The van der Waals surface area contributed by atoms with E-state index in [1.165, 1.54) is 10.3 Å². The average molecular weight is 509 g/mol. The van der Waals surface area contributed by atoms with Gasteiger partial charge in [-0.2, -0.15) is 0 Å². The van der Waals surface area contributed by atoms with E-state index in [0.29, 0.717) is 39.0 Å². The molecule has 4 aromatic rings. The highest BCUT2D eigenvalue weighted by molar-refractivity contribution is 6.37. The fraction of sp³-hybridized carbons (Fsp3) is 0.269. The molecule has 1 aliphatic rings. The van der Waals surface area contributed by atoms with Crippen LogP contribution in [0.5, 0.6) is 0 Å². The smallest absolute Gasteiger partial charge is 0.266 e. The number of para-hydroxylation sites is 1. The number of fused-ring (bicyclic) bond motifs is 1. The summed E-state index contributed by atoms with van der Waals surface area (Å²) in [5, 5.41) is 4.49. The van der Waals surface area contributed by atoms with Crippen LogP contribution in [0.25, 0.3) is 16.6 Å². The van der Waals surface area contributed by atoms with Crippen LogP contribution in [-0.4, -0.2) is 52.7 Å². The van der Waals surface area contributed by atoms with E-state index in [0.717, 1.165) is 37.4 Å². The second-order valence-corrected chi connectivity index (χ2v) is 9.49. The Labute approximate surface area is 213 Å². The molecule has 2 aromatic carbocycles. The Hall–Kier alpha value is -3.13. The van der Waals surface area contributed by atoms with Crippen LogP contribution >= 0.6 is 23.2 Å². The summed E-state index contributed by atoms with van der Waals surface area (Å²) in [7, 11) is 2.15. The normalized spacial score (nSPS) is 14.5. The van der Waals surface area contributed by atoms with Crippen molar-refractivity contribution in [1.82, 2.24) is 19.4 Å². The van der Waals surface area contributed by atoms with Gasteiger partial charge in [0.2, 0.25) is 5.95 Å². The largest absolute Gasteiger partial charge is 0.369 e. The second-order valence-electron chi connectivity index (χ2n) is 8.67. The summed E-state index contributed by atoms with van der Waals surface area (Å²) < 4.78 is 1.49. The molecule has 35 heavy (non-hydrogen) atoms. The van der Waals surface area contributed by atoms with Gasteiger partial charge in [0.15, 0.2) is 0 Å². The van der Waals surface area contributed by atoms with Gasteiger partial charge in [-0.3, -0.25) is 9.36 Å². The molecular weight excluding hydrogens is 483 g/mol. The topological polar surface area (TPSA) is 66.3 Å². The zero-order chi connectivity index (χ0) is 24.5. The molecule has 5 rings (SSSR count). The van der Waals surface area contributed by atoms with Gasteiger partial charge in [-0.25, -0.2) is 9.97 Å². The maximum atomic E-state index is 13.3. The van der Waals surface area contributed by atoms with Gasteiger partial charge in [0, 0.05) is 49.9 Å². The summed E-state index contributed by atoms with van der Waals surface area (Å²) in [6.45, 7) is 6.19. The van der Waals surface area contributed by atoms with Crippen LogP contribution in [0.3, 0.4) is 0 Å². The first-order valence-electron chi connectivity index (χ1n) is 11.6. The lowest BCUT2D eigenvalue weighted by Crippen LogP contribution is -2.44. The first kappa shape index (κ1) is 23.6. The lowest BCUT2D eigenvalue weighted by atomic mass is 10.1. The highest BCUT2D eigenvalue weighted by atomic mass is 35.5. The Morgan fingerprint density at radius 2 is 1.69 bits per heavy atom. The van der Waals surface area contributed by atoms with E-state index in [1.807, 2.05) is 19.1 Å². The number of halogens is 2. The van der Waals surface area contributed by atoms with Crippen molar-refractivity contribution in [3.05, 3.63) is 80.8 Å². The number of likely N-dealkylation sites (N-methyl/N-ethyl adjacent to an activating group) is 1. The van der Waals surface area contributed by atoms with Crippen LogP contribution in [-0.2, 0) is 6.42 Å². The van der Waals surface area contributed by atoms with Crippen molar-refractivity contribution in [2.45, 2.75) is 13.3 Å². The summed E-state index contributed by atoms with van der Waals surface area (Å²) in [5.74, 6) is 0.437. The van der Waals surface area contributed by atoms with Crippen LogP contribution in [0.4, 0.5) is 17.3 Å². The van der Waals surface area contributed by atoms with Crippen LogP contribution in [0, 0.1) is 0 Å². The molecule has 0 atom stereocenters. The standard InChI is InChI=1S/C26H26Cl2N6O/c1-3-17-16-34(24-21(27)5-4-6-22(24)28)25(35)20-15-29-26(31-23(17)20)30-18-7-9-19(10-8-18)33-13-11-32(2)12-14-33/h4-10,15-16H,3,11-14H2,1-2H3,(H,29,30,31). The van der Waals surface area contributed by atoms with Crippen molar-refractivity contribution in [2.75, 3.05) is 43.4 Å². The molecule has 0 amide bonds. The quantitative estimate of drug-likeness (QED) is 0.402. The van der Waals surface area contributed by atoms with Gasteiger partial charge in [-0.1, -0.05) is 36.2 Å². The Kier molecular flexibility index (Phi) is 6.65. The fourth-order valence-corrected chi connectivity index (χ4v) is 4.92. The van der Waals surface area contributed by atoms with Crippen LogP contribution in [0.1, 0.15) is 12.5 Å². The summed E-state index contributed by atoms with van der Waals surface area (Å²) in [4.78, 5) is 27.2. The predicted molar refractivity (Wildman–Crippen MR) is 144 cm³/mol. The number of nitrogens with one attached hydrogen (secondary N) is 1. The number of piperazine rings is 1. The van der Waals surface area contributed by atoms with Gasteiger partial charge in [0.05, 0.1) is 26.6 Å². The number of rotatable bonds is 5. The molecule has 180 valence electrons. The van der Waals surface area contributed by atoms with E-state index < -0.39 is 0 Å². The summed E-state index contributed by atoms with van der Waals surface area (Å²) in [6.07, 6.45) is 4.00. The molecule has 1 fully saturated rings. The Balaban J connectivity index is 1.45. The van der Waals surface area contributed by atoms with E-state index in [2.05, 4.69) is 44.3 Å². The van der Waals surface area contributed by atoms with Crippen molar-refractivity contribution in [1.29, 1.82) is 0 Å². The number of hydrogen-bond acceptors (Lipinski definition) is 6. The third-order valence-electron chi connectivity index (χ3n) is 6.38. The number of nitrogens with zero attached hydrogens (tertiary/aromatic N) is 5. The predicted octanol–water partition coefficient (Wildman–Crippen LogP) is 5.15. The van der Waals surface area contributed by atoms with Gasteiger partial charge in [0.1, 0.15) is 0 Å². The number of aromatic nitrogens is 3. The number of anilines is 3. The molecule has 0 radical (unpaired) electrons. The Morgan fingerprint density at radius 3 is 2.34 bits per heavy atom. The minimum absolute atomic E-state index is 0.268. The van der Waals surface area contributed by atoms with Crippen LogP contribution < -0.4 is 15.8 Å². The van der Waals surface area contributed by atoms with Crippen molar-refractivity contribution in [3.8, 4) is 5.69 Å². The third-order valence-corrected chi connectivity index (χ3v) is 6.99. The fourth-order valence-electron chi connectivity index (χ4n) is 4.34. The molecule has 0 saturated carbocycles. The van der Waals surface area contributed by atoms with Gasteiger partial charge in [-0.05, 0) is 55.4 Å². The highest BCUT2D eigenvalue weighted by Gasteiger charge is 2.17. The zero-order valence-corrected chi connectivity index (χ0v) is 21.1. The minimum Gasteiger partial charge on any atom is -0.369 e. The highest BCUT2D eigenvalue weighted by Crippen LogP contribution is 2.29. The van der Waals surface area contributed by atoms with E-state index in [4.69, 9.17) is 23.2 Å². The van der Waals surface area contributed by atoms with Crippen molar-refractivity contribution < 1.29 is 0 Å². The molecule has 1 saturated heterocycles. The molecule has 0 unspecified atom stereocenters. The number of aryl methyl sites for hydroxylation is 1. The Morgan fingerprint density at radius 1 is 1.00 bits per heavy atom. The molecular formula is C26H26Cl2N6O. The SMILES string of the molecule is CCc1cn(-c2c(Cl)cccc2Cl)c(=O)c2cnc(Nc3ccc(N4CCN(C)CC4)cc3)nc12. The number of pyridine rings is 1. The molecule has 0 bridgehead atoms. The van der Waals surface area contributed by atoms with Crippen molar-refractivity contribution in [2.24, 2.45) is 0 Å². The molecule has 2 aromatic heterocycles. The molecule has 1 aliphatic heterocycles. The van der Waals surface area contributed by atoms with Gasteiger partial charge >= 0.3 is 0 Å². The van der Waals surface area contributed by atoms with Gasteiger partial charge < -0.3 is 15.1 Å². The molecule has 9 heteroatoms. The van der Waals surface area contributed by atoms with Crippen LogP contribution in [0.15, 0.2) is 59.7 Å². The third kappa shape index (κ3) is 4.72. The zero-order valence-electron chi connectivity index (χ0n) is 19.6. The molecule has 0 aliphatic carbocycles. The summed E-state index contributed by atoms with van der Waals surface area (Å²) in [5.41, 5.74) is 3.79.